The van der Waals surface area contributed by atoms with Crippen molar-refractivity contribution in [2.75, 3.05) is 6.61 Å². The van der Waals surface area contributed by atoms with Gasteiger partial charge in [-0.3, -0.25) is 0 Å². The number of amidine groups is 1. The Balaban J connectivity index is 1.85. The van der Waals surface area contributed by atoms with Gasteiger partial charge in [-0.15, -0.1) is 5.10 Å². The van der Waals surface area contributed by atoms with Crippen molar-refractivity contribution in [3.05, 3.63) is 64.7 Å². The molecule has 138 valence electrons. The van der Waals surface area contributed by atoms with Crippen LogP contribution < -0.4 is 10.5 Å². The number of nitrogens with two attached hydrogens (primary N) is 1. The molecular formula is C20H24ClN3OS. The van der Waals surface area contributed by atoms with E-state index in [0.29, 0.717) is 28.5 Å². The third kappa shape index (κ3) is 7.50. The van der Waals surface area contributed by atoms with Crippen LogP contribution in [0.5, 0.6) is 5.75 Å². The highest BCUT2D eigenvalue weighted by Gasteiger charge is 2.03. The van der Waals surface area contributed by atoms with Gasteiger partial charge in [0, 0.05) is 5.75 Å². The lowest BCUT2D eigenvalue weighted by molar-refractivity contribution is 0.289. The van der Waals surface area contributed by atoms with Gasteiger partial charge in [-0.1, -0.05) is 67.5 Å². The van der Waals surface area contributed by atoms with Gasteiger partial charge < -0.3 is 10.5 Å². The Morgan fingerprint density at radius 3 is 2.69 bits per heavy atom. The van der Waals surface area contributed by atoms with E-state index in [-0.39, 0.29) is 0 Å². The lowest BCUT2D eigenvalue weighted by atomic mass is 10.1. The van der Waals surface area contributed by atoms with Crippen molar-refractivity contribution < 1.29 is 4.74 Å². The SMILES string of the molecule is CC(C)CCOc1ccc(C=NN=C(N)SCc2ccccc2)cc1Cl. The van der Waals surface area contributed by atoms with Crippen LogP contribution in [0.3, 0.4) is 0 Å². The molecule has 2 aromatic carbocycles. The molecule has 6 heteroatoms. The first kappa shape index (κ1) is 20.3. The van der Waals surface area contributed by atoms with E-state index in [9.17, 15) is 0 Å². The number of thioether (sulfide) groups is 1. The first-order chi connectivity index (χ1) is 12.5. The van der Waals surface area contributed by atoms with Crippen LogP contribution in [0.15, 0.2) is 58.7 Å². The van der Waals surface area contributed by atoms with Crippen molar-refractivity contribution in [2.24, 2.45) is 21.9 Å². The monoisotopic (exact) mass is 389 g/mol. The average molecular weight is 390 g/mol. The van der Waals surface area contributed by atoms with Gasteiger partial charge in [-0.2, -0.15) is 5.10 Å². The Morgan fingerprint density at radius 1 is 1.23 bits per heavy atom. The molecule has 0 unspecified atom stereocenters. The Kier molecular flexibility index (Phi) is 8.51. The fourth-order valence-corrected chi connectivity index (χ4v) is 2.89. The molecule has 0 aromatic heterocycles. The third-order valence-electron chi connectivity index (χ3n) is 3.50. The van der Waals surface area contributed by atoms with Crippen LogP contribution in [0, 0.1) is 5.92 Å². The fraction of sp³-hybridized carbons (Fsp3) is 0.300. The quantitative estimate of drug-likeness (QED) is 0.376. The Hall–Kier alpha value is -1.98. The van der Waals surface area contributed by atoms with Gasteiger partial charge >= 0.3 is 0 Å². The maximum absolute atomic E-state index is 6.25. The van der Waals surface area contributed by atoms with E-state index in [1.807, 2.05) is 30.3 Å². The average Bonchev–Trinajstić information content (AvgIpc) is 2.62. The summed E-state index contributed by atoms with van der Waals surface area (Å²) in [6.45, 7) is 4.98. The zero-order valence-corrected chi connectivity index (χ0v) is 16.6. The summed E-state index contributed by atoms with van der Waals surface area (Å²) >= 11 is 7.70. The molecule has 2 N–H and O–H groups in total. The van der Waals surface area contributed by atoms with Crippen molar-refractivity contribution in [1.82, 2.24) is 0 Å². The number of halogens is 1. The van der Waals surface area contributed by atoms with Crippen LogP contribution in [0.4, 0.5) is 0 Å². The zero-order chi connectivity index (χ0) is 18.8. The summed E-state index contributed by atoms with van der Waals surface area (Å²) in [6, 6.07) is 15.6. The first-order valence-corrected chi connectivity index (χ1v) is 9.86. The van der Waals surface area contributed by atoms with Gasteiger partial charge in [0.15, 0.2) is 5.17 Å². The van der Waals surface area contributed by atoms with Crippen LogP contribution in [0.2, 0.25) is 5.02 Å². The molecule has 2 aromatic rings. The van der Waals surface area contributed by atoms with Crippen molar-refractivity contribution in [2.45, 2.75) is 26.0 Å². The summed E-state index contributed by atoms with van der Waals surface area (Å²) in [4.78, 5) is 0. The van der Waals surface area contributed by atoms with E-state index in [2.05, 4.69) is 36.2 Å². The predicted octanol–water partition coefficient (Wildman–Crippen LogP) is 5.35. The molecule has 0 atom stereocenters. The smallest absolute Gasteiger partial charge is 0.180 e. The minimum Gasteiger partial charge on any atom is -0.492 e. The number of hydrogen-bond donors (Lipinski definition) is 1. The fourth-order valence-electron chi connectivity index (χ4n) is 2.03. The highest BCUT2D eigenvalue weighted by atomic mass is 35.5. The minimum absolute atomic E-state index is 0.421. The summed E-state index contributed by atoms with van der Waals surface area (Å²) in [5.74, 6) is 2.05. The molecule has 0 spiro atoms. The van der Waals surface area contributed by atoms with E-state index >= 15 is 0 Å². The minimum atomic E-state index is 0.421. The maximum Gasteiger partial charge on any atom is 0.180 e. The molecule has 0 saturated heterocycles. The third-order valence-corrected chi connectivity index (χ3v) is 4.65. The van der Waals surface area contributed by atoms with Gasteiger partial charge in [0.1, 0.15) is 5.75 Å². The lowest BCUT2D eigenvalue weighted by Gasteiger charge is -2.09. The van der Waals surface area contributed by atoms with Crippen LogP contribution in [0.1, 0.15) is 31.4 Å². The molecule has 0 heterocycles. The van der Waals surface area contributed by atoms with Crippen molar-refractivity contribution in [3.8, 4) is 5.75 Å². The maximum atomic E-state index is 6.25. The highest BCUT2D eigenvalue weighted by molar-refractivity contribution is 8.13. The van der Waals surface area contributed by atoms with Crippen LogP contribution >= 0.6 is 23.4 Å². The lowest BCUT2D eigenvalue weighted by Crippen LogP contribution is -2.06. The van der Waals surface area contributed by atoms with Crippen LogP contribution in [-0.2, 0) is 5.75 Å². The van der Waals surface area contributed by atoms with Crippen molar-refractivity contribution >= 4 is 34.7 Å². The summed E-state index contributed by atoms with van der Waals surface area (Å²) < 4.78 is 5.69. The van der Waals surface area contributed by atoms with Gasteiger partial charge in [0.25, 0.3) is 0 Å². The molecule has 0 aliphatic carbocycles. The van der Waals surface area contributed by atoms with Gasteiger partial charge in [-0.05, 0) is 41.7 Å². The van der Waals surface area contributed by atoms with Gasteiger partial charge in [0.05, 0.1) is 17.8 Å². The van der Waals surface area contributed by atoms with Crippen LogP contribution in [-0.4, -0.2) is 18.0 Å². The van der Waals surface area contributed by atoms with Crippen molar-refractivity contribution in [3.63, 3.8) is 0 Å². The number of ether oxygens (including phenoxy) is 1. The summed E-state index contributed by atoms with van der Waals surface area (Å²) in [5.41, 5.74) is 7.91. The van der Waals surface area contributed by atoms with E-state index in [1.165, 1.54) is 17.3 Å². The molecule has 4 nitrogen and oxygen atoms in total. The molecule has 0 aliphatic rings. The summed E-state index contributed by atoms with van der Waals surface area (Å²) in [6.07, 6.45) is 2.62. The van der Waals surface area contributed by atoms with Crippen LogP contribution in [0.25, 0.3) is 0 Å². The normalized spacial score (nSPS) is 12.1. The highest BCUT2D eigenvalue weighted by Crippen LogP contribution is 2.25. The second-order valence-corrected chi connectivity index (χ2v) is 7.58. The topological polar surface area (TPSA) is 60.0 Å². The van der Waals surface area contributed by atoms with E-state index < -0.39 is 0 Å². The first-order valence-electron chi connectivity index (χ1n) is 8.50. The molecular weight excluding hydrogens is 366 g/mol. The molecule has 0 fully saturated rings. The Bertz CT molecular complexity index is 748. The van der Waals surface area contributed by atoms with E-state index in [1.54, 1.807) is 12.3 Å². The summed E-state index contributed by atoms with van der Waals surface area (Å²) in [5, 5.41) is 9.02. The molecule has 0 bridgehead atoms. The van der Waals surface area contributed by atoms with Gasteiger partial charge in [0.2, 0.25) is 0 Å². The molecule has 0 amide bonds. The number of nitrogens with zero attached hydrogens (tertiary/aromatic N) is 2. The molecule has 0 radical (unpaired) electrons. The number of benzene rings is 2. The summed E-state index contributed by atoms with van der Waals surface area (Å²) in [7, 11) is 0. The number of hydrogen-bond acceptors (Lipinski definition) is 4. The van der Waals surface area contributed by atoms with Crippen molar-refractivity contribution in [1.29, 1.82) is 0 Å². The Labute approximate surface area is 164 Å². The molecule has 26 heavy (non-hydrogen) atoms. The largest absolute Gasteiger partial charge is 0.492 e. The molecule has 0 aliphatic heterocycles. The zero-order valence-electron chi connectivity index (χ0n) is 15.1. The Morgan fingerprint density at radius 2 is 2.00 bits per heavy atom. The second kappa shape index (κ2) is 10.9. The van der Waals surface area contributed by atoms with Gasteiger partial charge in [-0.25, -0.2) is 0 Å². The second-order valence-electron chi connectivity index (χ2n) is 6.18. The number of rotatable bonds is 8. The standard InChI is InChI=1S/C20H24ClN3OS/c1-15(2)10-11-25-19-9-8-17(12-18(19)21)13-23-24-20(22)26-14-16-6-4-3-5-7-16/h3-9,12-13,15H,10-11,14H2,1-2H3,(H2,22,24). The van der Waals surface area contributed by atoms with E-state index in [4.69, 9.17) is 22.1 Å². The molecule has 2 rings (SSSR count). The molecule has 0 saturated carbocycles. The predicted molar refractivity (Wildman–Crippen MR) is 113 cm³/mol. The van der Waals surface area contributed by atoms with E-state index in [0.717, 1.165) is 17.7 Å².